The van der Waals surface area contributed by atoms with Crippen LogP contribution in [0.25, 0.3) is 0 Å². The van der Waals surface area contributed by atoms with E-state index < -0.39 is 0 Å². The number of likely N-dealkylation sites (N-methyl/N-ethyl adjacent to an activating group) is 1. The third-order valence-electron chi connectivity index (χ3n) is 3.89. The highest BCUT2D eigenvalue weighted by atomic mass is 32.1. The van der Waals surface area contributed by atoms with Crippen LogP contribution in [0.3, 0.4) is 0 Å². The summed E-state index contributed by atoms with van der Waals surface area (Å²) in [5.41, 5.74) is 1.20. The van der Waals surface area contributed by atoms with Gasteiger partial charge in [-0.15, -0.1) is 11.3 Å². The second-order valence-corrected chi connectivity index (χ2v) is 6.94. The second-order valence-electron chi connectivity index (χ2n) is 5.99. The molecule has 0 bridgehead atoms. The fraction of sp³-hybridized carbons (Fsp3) is 0.368. The van der Waals surface area contributed by atoms with Crippen molar-refractivity contribution in [3.63, 3.8) is 0 Å². The molecule has 0 fully saturated rings. The minimum atomic E-state index is -0.144. The zero-order valence-corrected chi connectivity index (χ0v) is 15.6. The molecule has 0 aliphatic rings. The summed E-state index contributed by atoms with van der Waals surface area (Å²) < 4.78 is 5.14. The van der Waals surface area contributed by atoms with Crippen LogP contribution in [0.15, 0.2) is 41.8 Å². The van der Waals surface area contributed by atoms with E-state index in [9.17, 15) is 9.59 Å². The number of amides is 2. The lowest BCUT2D eigenvalue weighted by Gasteiger charge is -2.19. The first-order valence-corrected chi connectivity index (χ1v) is 9.09. The van der Waals surface area contributed by atoms with Gasteiger partial charge in [0.05, 0.1) is 18.5 Å². The number of carbonyl (C=O) groups excluding carboxylic acids is 2. The molecule has 1 atom stereocenters. The van der Waals surface area contributed by atoms with Gasteiger partial charge in [0.25, 0.3) is 5.91 Å². The third-order valence-corrected chi connectivity index (χ3v) is 4.75. The molecule has 5 nitrogen and oxygen atoms in total. The fourth-order valence-corrected chi connectivity index (χ4v) is 3.16. The van der Waals surface area contributed by atoms with Gasteiger partial charge in [0, 0.05) is 13.1 Å². The van der Waals surface area contributed by atoms with Crippen molar-refractivity contribution >= 4 is 23.2 Å². The van der Waals surface area contributed by atoms with Crippen LogP contribution in [0.1, 0.15) is 28.6 Å². The molecule has 0 saturated heterocycles. The summed E-state index contributed by atoms with van der Waals surface area (Å²) in [6.45, 7) is 2.03. The Hall–Kier alpha value is -2.34. The summed E-state index contributed by atoms with van der Waals surface area (Å²) >= 11 is 1.38. The van der Waals surface area contributed by atoms with E-state index in [4.69, 9.17) is 4.74 Å². The van der Waals surface area contributed by atoms with Crippen LogP contribution in [-0.4, -0.2) is 43.5 Å². The molecule has 1 unspecified atom stereocenters. The highest BCUT2D eigenvalue weighted by Crippen LogP contribution is 2.13. The van der Waals surface area contributed by atoms with Crippen molar-refractivity contribution in [1.29, 1.82) is 0 Å². The number of rotatable bonds is 8. The molecule has 0 spiro atoms. The van der Waals surface area contributed by atoms with E-state index in [2.05, 4.69) is 5.32 Å². The van der Waals surface area contributed by atoms with Gasteiger partial charge >= 0.3 is 0 Å². The molecule has 1 aromatic heterocycles. The number of benzene rings is 1. The SMILES string of the molecule is COc1ccc(CCC(C)NC(=O)CN(C)C(=O)c2cccs2)cc1. The van der Waals surface area contributed by atoms with Crippen LogP contribution in [0.2, 0.25) is 0 Å². The van der Waals surface area contributed by atoms with E-state index in [-0.39, 0.29) is 24.4 Å². The van der Waals surface area contributed by atoms with Crippen molar-refractivity contribution in [2.24, 2.45) is 0 Å². The number of hydrogen-bond donors (Lipinski definition) is 1. The molecule has 0 aliphatic carbocycles. The molecule has 6 heteroatoms. The van der Waals surface area contributed by atoms with E-state index >= 15 is 0 Å². The number of thiophene rings is 1. The lowest BCUT2D eigenvalue weighted by molar-refractivity contribution is -0.122. The predicted octanol–water partition coefficient (Wildman–Crippen LogP) is 2.97. The first kappa shape index (κ1) is 19.0. The van der Waals surface area contributed by atoms with E-state index in [1.165, 1.54) is 21.8 Å². The summed E-state index contributed by atoms with van der Waals surface area (Å²) in [4.78, 5) is 26.3. The topological polar surface area (TPSA) is 58.6 Å². The maximum absolute atomic E-state index is 12.1. The molecule has 25 heavy (non-hydrogen) atoms. The monoisotopic (exact) mass is 360 g/mol. The van der Waals surface area contributed by atoms with E-state index in [1.54, 1.807) is 20.2 Å². The van der Waals surface area contributed by atoms with Gasteiger partial charge < -0.3 is 15.0 Å². The lowest BCUT2D eigenvalue weighted by Crippen LogP contribution is -2.41. The first-order chi connectivity index (χ1) is 12.0. The van der Waals surface area contributed by atoms with Crippen LogP contribution in [0.5, 0.6) is 5.75 Å². The maximum atomic E-state index is 12.1. The molecule has 2 aromatic rings. The lowest BCUT2D eigenvalue weighted by atomic mass is 10.1. The molecule has 1 N–H and O–H groups in total. The van der Waals surface area contributed by atoms with Gasteiger partial charge in [-0.3, -0.25) is 9.59 Å². The summed E-state index contributed by atoms with van der Waals surface area (Å²) in [6, 6.07) is 11.6. The third kappa shape index (κ3) is 5.90. The van der Waals surface area contributed by atoms with Gasteiger partial charge in [-0.25, -0.2) is 0 Å². The minimum absolute atomic E-state index is 0.0415. The molecule has 1 aromatic carbocycles. The Kier molecular flexibility index (Phi) is 7.01. The summed E-state index contributed by atoms with van der Waals surface area (Å²) in [5, 5.41) is 4.80. The van der Waals surface area contributed by atoms with Gasteiger partial charge in [0.2, 0.25) is 5.91 Å². The maximum Gasteiger partial charge on any atom is 0.264 e. The van der Waals surface area contributed by atoms with Crippen LogP contribution >= 0.6 is 11.3 Å². The van der Waals surface area contributed by atoms with Crippen molar-refractivity contribution < 1.29 is 14.3 Å². The van der Waals surface area contributed by atoms with E-state index in [0.717, 1.165) is 18.6 Å². The van der Waals surface area contributed by atoms with Crippen LogP contribution < -0.4 is 10.1 Å². The molecule has 2 amide bonds. The Bertz CT molecular complexity index is 683. The number of carbonyl (C=O) groups is 2. The molecule has 0 aliphatic heterocycles. The number of hydrogen-bond acceptors (Lipinski definition) is 4. The van der Waals surface area contributed by atoms with Crippen molar-refractivity contribution in [3.05, 3.63) is 52.2 Å². The van der Waals surface area contributed by atoms with Gasteiger partial charge in [0.15, 0.2) is 0 Å². The predicted molar refractivity (Wildman–Crippen MR) is 100 cm³/mol. The quantitative estimate of drug-likeness (QED) is 0.787. The normalized spacial score (nSPS) is 11.6. The standard InChI is InChI=1S/C19H24N2O3S/c1-14(6-7-15-8-10-16(24-3)11-9-15)20-18(22)13-21(2)19(23)17-5-4-12-25-17/h4-5,8-12,14H,6-7,13H2,1-3H3,(H,20,22). The highest BCUT2D eigenvalue weighted by molar-refractivity contribution is 7.12. The van der Waals surface area contributed by atoms with Gasteiger partial charge in [0.1, 0.15) is 5.75 Å². The number of methoxy groups -OCH3 is 1. The van der Waals surface area contributed by atoms with Crippen LogP contribution in [0, 0.1) is 0 Å². The van der Waals surface area contributed by atoms with Crippen molar-refractivity contribution in [3.8, 4) is 5.75 Å². The number of nitrogens with one attached hydrogen (secondary N) is 1. The van der Waals surface area contributed by atoms with Crippen LogP contribution in [-0.2, 0) is 11.2 Å². The summed E-state index contributed by atoms with van der Waals surface area (Å²) in [7, 11) is 3.29. The van der Waals surface area contributed by atoms with Crippen LogP contribution in [0.4, 0.5) is 0 Å². The average molecular weight is 360 g/mol. The first-order valence-electron chi connectivity index (χ1n) is 8.21. The second kappa shape index (κ2) is 9.22. The molecule has 0 radical (unpaired) electrons. The zero-order chi connectivity index (χ0) is 18.2. The smallest absolute Gasteiger partial charge is 0.264 e. The summed E-state index contributed by atoms with van der Waals surface area (Å²) in [5.74, 6) is 0.564. The van der Waals surface area contributed by atoms with E-state index in [1.807, 2.05) is 42.6 Å². The Morgan fingerprint density at radius 1 is 1.24 bits per heavy atom. The Morgan fingerprint density at radius 3 is 2.56 bits per heavy atom. The van der Waals surface area contributed by atoms with Crippen molar-refractivity contribution in [2.45, 2.75) is 25.8 Å². The van der Waals surface area contributed by atoms with Crippen molar-refractivity contribution in [1.82, 2.24) is 10.2 Å². The molecule has 134 valence electrons. The Labute approximate surface area is 152 Å². The van der Waals surface area contributed by atoms with Gasteiger partial charge in [-0.05, 0) is 48.9 Å². The minimum Gasteiger partial charge on any atom is -0.497 e. The molecular formula is C19H24N2O3S. The van der Waals surface area contributed by atoms with E-state index in [0.29, 0.717) is 4.88 Å². The molecule has 2 rings (SSSR count). The summed E-state index contributed by atoms with van der Waals surface area (Å²) in [6.07, 6.45) is 1.70. The Balaban J connectivity index is 1.74. The molecule has 0 saturated carbocycles. The number of aryl methyl sites for hydroxylation is 1. The molecule has 1 heterocycles. The van der Waals surface area contributed by atoms with Gasteiger partial charge in [-0.1, -0.05) is 18.2 Å². The average Bonchev–Trinajstić information content (AvgIpc) is 3.14. The largest absolute Gasteiger partial charge is 0.497 e. The number of ether oxygens (including phenoxy) is 1. The molecular weight excluding hydrogens is 336 g/mol. The highest BCUT2D eigenvalue weighted by Gasteiger charge is 2.16. The number of nitrogens with zero attached hydrogens (tertiary/aromatic N) is 1. The van der Waals surface area contributed by atoms with Gasteiger partial charge in [-0.2, -0.15) is 0 Å². The zero-order valence-electron chi connectivity index (χ0n) is 14.8. The fourth-order valence-electron chi connectivity index (χ4n) is 2.44. The Morgan fingerprint density at radius 2 is 1.96 bits per heavy atom. The van der Waals surface area contributed by atoms with Crippen molar-refractivity contribution in [2.75, 3.05) is 20.7 Å².